The summed E-state index contributed by atoms with van der Waals surface area (Å²) in [5.74, 6) is -1.31. The Morgan fingerprint density at radius 1 is 1.32 bits per heavy atom. The Labute approximate surface area is 112 Å². The molecule has 4 N–H and O–H groups in total. The van der Waals surface area contributed by atoms with Crippen molar-refractivity contribution < 1.29 is 19.5 Å². The molecule has 1 saturated heterocycles. The first-order valence-corrected chi connectivity index (χ1v) is 6.28. The zero-order chi connectivity index (χ0) is 14.4. The monoisotopic (exact) mass is 270 g/mol. The zero-order valence-corrected chi connectivity index (χ0v) is 11.0. The largest absolute Gasteiger partial charge is 0.395 e. The molecule has 3 amide bonds. The number of rotatable bonds is 5. The van der Waals surface area contributed by atoms with E-state index in [9.17, 15) is 14.4 Å². The van der Waals surface area contributed by atoms with Crippen LogP contribution in [0.25, 0.3) is 0 Å². The maximum atomic E-state index is 11.8. The summed E-state index contributed by atoms with van der Waals surface area (Å²) in [5.41, 5.74) is 5.06. The van der Waals surface area contributed by atoms with E-state index >= 15 is 0 Å². The Hall–Kier alpha value is -1.63. The van der Waals surface area contributed by atoms with Crippen LogP contribution in [0.4, 0.5) is 0 Å². The van der Waals surface area contributed by atoms with E-state index in [1.54, 1.807) is 0 Å². The molecule has 0 aromatic rings. The summed E-state index contributed by atoms with van der Waals surface area (Å²) in [6, 6.07) is 0. The third-order valence-corrected chi connectivity index (χ3v) is 3.25. The topological polar surface area (TPSA) is 113 Å². The van der Waals surface area contributed by atoms with Crippen LogP contribution in [0.2, 0.25) is 0 Å². The predicted molar refractivity (Wildman–Crippen MR) is 67.5 cm³/mol. The van der Waals surface area contributed by atoms with E-state index in [0.29, 0.717) is 25.9 Å². The average molecular weight is 270 g/mol. The smallest absolute Gasteiger partial charge is 0.239 e. The molecule has 0 aromatic carbocycles. The molecule has 1 radical (unpaired) electrons. The third kappa shape index (κ3) is 4.20. The van der Waals surface area contributed by atoms with Crippen LogP contribution in [-0.4, -0.2) is 54.0 Å². The Kier molecular flexibility index (Phi) is 5.75. The van der Waals surface area contributed by atoms with Crippen molar-refractivity contribution in [2.24, 2.45) is 11.7 Å². The van der Waals surface area contributed by atoms with Gasteiger partial charge in [0.05, 0.1) is 6.61 Å². The highest BCUT2D eigenvalue weighted by atomic mass is 16.3. The lowest BCUT2D eigenvalue weighted by Gasteiger charge is -2.32. The van der Waals surface area contributed by atoms with Crippen molar-refractivity contribution in [3.63, 3.8) is 0 Å². The summed E-state index contributed by atoms with van der Waals surface area (Å²) in [5, 5.41) is 11.2. The highest BCUT2D eigenvalue weighted by Gasteiger charge is 2.31. The SMILES string of the molecule is C[C](C(N)=O)C(=O)N1CCC(C(=O)NCCO)CC1. The summed E-state index contributed by atoms with van der Waals surface area (Å²) in [7, 11) is 0. The van der Waals surface area contributed by atoms with Gasteiger partial charge in [0.25, 0.3) is 0 Å². The Bertz CT molecular complexity index is 351. The Morgan fingerprint density at radius 3 is 2.37 bits per heavy atom. The molecule has 1 fully saturated rings. The van der Waals surface area contributed by atoms with Gasteiger partial charge < -0.3 is 21.1 Å². The van der Waals surface area contributed by atoms with E-state index in [1.165, 1.54) is 11.8 Å². The number of piperidine rings is 1. The van der Waals surface area contributed by atoms with Crippen molar-refractivity contribution in [3.05, 3.63) is 5.92 Å². The molecule has 19 heavy (non-hydrogen) atoms. The molecule has 0 saturated carbocycles. The molecule has 107 valence electrons. The van der Waals surface area contributed by atoms with Crippen LogP contribution in [0, 0.1) is 11.8 Å². The van der Waals surface area contributed by atoms with Crippen LogP contribution in [0.1, 0.15) is 19.8 Å². The summed E-state index contributed by atoms with van der Waals surface area (Å²) in [6.45, 7) is 2.43. The lowest BCUT2D eigenvalue weighted by atomic mass is 9.95. The third-order valence-electron chi connectivity index (χ3n) is 3.25. The molecule has 0 unspecified atom stereocenters. The zero-order valence-electron chi connectivity index (χ0n) is 11.0. The minimum Gasteiger partial charge on any atom is -0.395 e. The first kappa shape index (κ1) is 15.4. The quantitative estimate of drug-likeness (QED) is 0.523. The van der Waals surface area contributed by atoms with Gasteiger partial charge in [0.1, 0.15) is 5.92 Å². The van der Waals surface area contributed by atoms with Gasteiger partial charge in [0, 0.05) is 25.6 Å². The van der Waals surface area contributed by atoms with Crippen LogP contribution in [0.5, 0.6) is 0 Å². The van der Waals surface area contributed by atoms with Gasteiger partial charge in [0.15, 0.2) is 0 Å². The number of amides is 3. The summed E-state index contributed by atoms with van der Waals surface area (Å²) < 4.78 is 0. The molecule has 0 bridgehead atoms. The number of nitrogens with two attached hydrogens (primary N) is 1. The molecular formula is C12H20N3O4. The first-order valence-electron chi connectivity index (χ1n) is 6.28. The fourth-order valence-electron chi connectivity index (χ4n) is 2.01. The molecule has 0 aromatic heterocycles. The van der Waals surface area contributed by atoms with Crippen LogP contribution in [-0.2, 0) is 14.4 Å². The minimum atomic E-state index is -0.715. The lowest BCUT2D eigenvalue weighted by Crippen LogP contribution is -2.46. The summed E-state index contributed by atoms with van der Waals surface area (Å²) >= 11 is 0. The Balaban J connectivity index is 2.42. The summed E-state index contributed by atoms with van der Waals surface area (Å²) in [6.07, 6.45) is 1.10. The molecule has 7 nitrogen and oxygen atoms in total. The van der Waals surface area contributed by atoms with Crippen molar-refractivity contribution in [1.29, 1.82) is 0 Å². The van der Waals surface area contributed by atoms with Gasteiger partial charge in [-0.3, -0.25) is 14.4 Å². The molecule has 0 spiro atoms. The number of carbonyl (C=O) groups is 3. The molecule has 1 heterocycles. The number of aliphatic hydroxyl groups excluding tert-OH is 1. The van der Waals surface area contributed by atoms with E-state index in [1.807, 2.05) is 0 Å². The standard InChI is InChI=1S/C12H20N3O4/c1-8(10(13)17)12(19)15-5-2-9(3-6-15)11(18)14-4-7-16/h9,16H,2-7H2,1H3,(H2,13,17)(H,14,18). The highest BCUT2D eigenvalue weighted by molar-refractivity contribution is 6.13. The van der Waals surface area contributed by atoms with Crippen molar-refractivity contribution in [2.45, 2.75) is 19.8 Å². The van der Waals surface area contributed by atoms with Crippen LogP contribution in [0.15, 0.2) is 0 Å². The summed E-state index contributed by atoms with van der Waals surface area (Å²) in [4.78, 5) is 36.0. The highest BCUT2D eigenvalue weighted by Crippen LogP contribution is 2.19. The predicted octanol–water partition coefficient (Wildman–Crippen LogP) is -1.59. The lowest BCUT2D eigenvalue weighted by molar-refractivity contribution is -0.136. The van der Waals surface area contributed by atoms with Crippen LogP contribution in [0.3, 0.4) is 0 Å². The second kappa shape index (κ2) is 7.08. The van der Waals surface area contributed by atoms with Gasteiger partial charge in [-0.25, -0.2) is 0 Å². The number of hydrogen-bond donors (Lipinski definition) is 3. The van der Waals surface area contributed by atoms with Crippen LogP contribution < -0.4 is 11.1 Å². The van der Waals surface area contributed by atoms with E-state index in [2.05, 4.69) is 5.32 Å². The minimum absolute atomic E-state index is 0.0168. The molecular weight excluding hydrogens is 250 g/mol. The second-order valence-corrected chi connectivity index (χ2v) is 4.57. The molecule has 0 atom stereocenters. The average Bonchev–Trinajstić information content (AvgIpc) is 2.43. The number of hydrogen-bond acceptors (Lipinski definition) is 4. The second-order valence-electron chi connectivity index (χ2n) is 4.57. The van der Waals surface area contributed by atoms with Gasteiger partial charge in [-0.15, -0.1) is 0 Å². The normalized spacial score (nSPS) is 16.5. The van der Waals surface area contributed by atoms with E-state index < -0.39 is 5.91 Å². The molecule has 1 rings (SSSR count). The van der Waals surface area contributed by atoms with E-state index in [-0.39, 0.29) is 36.8 Å². The van der Waals surface area contributed by atoms with Crippen molar-refractivity contribution in [3.8, 4) is 0 Å². The van der Waals surface area contributed by atoms with Crippen molar-refractivity contribution in [2.75, 3.05) is 26.2 Å². The molecule has 1 aliphatic heterocycles. The fourth-order valence-corrected chi connectivity index (χ4v) is 2.01. The van der Waals surface area contributed by atoms with E-state index in [0.717, 1.165) is 0 Å². The molecule has 7 heteroatoms. The number of carbonyl (C=O) groups excluding carboxylic acids is 3. The van der Waals surface area contributed by atoms with Gasteiger partial charge in [-0.05, 0) is 19.8 Å². The van der Waals surface area contributed by atoms with Crippen molar-refractivity contribution >= 4 is 17.7 Å². The maximum Gasteiger partial charge on any atom is 0.239 e. The molecule has 1 aliphatic rings. The number of likely N-dealkylation sites (tertiary alicyclic amines) is 1. The first-order chi connectivity index (χ1) is 8.97. The van der Waals surface area contributed by atoms with Gasteiger partial charge in [-0.2, -0.15) is 0 Å². The fraction of sp³-hybridized carbons (Fsp3) is 0.667. The van der Waals surface area contributed by atoms with E-state index in [4.69, 9.17) is 10.8 Å². The van der Waals surface area contributed by atoms with Gasteiger partial charge in [0.2, 0.25) is 17.7 Å². The van der Waals surface area contributed by atoms with Gasteiger partial charge >= 0.3 is 0 Å². The number of primary amides is 1. The number of aliphatic hydroxyl groups is 1. The molecule has 0 aliphatic carbocycles. The van der Waals surface area contributed by atoms with Crippen LogP contribution >= 0.6 is 0 Å². The number of nitrogens with zero attached hydrogens (tertiary/aromatic N) is 1. The Morgan fingerprint density at radius 2 is 1.89 bits per heavy atom. The number of nitrogens with one attached hydrogen (secondary N) is 1. The maximum absolute atomic E-state index is 11.8. The van der Waals surface area contributed by atoms with Crippen molar-refractivity contribution in [1.82, 2.24) is 10.2 Å². The van der Waals surface area contributed by atoms with Gasteiger partial charge in [-0.1, -0.05) is 0 Å².